The van der Waals surface area contributed by atoms with E-state index in [2.05, 4.69) is 76.6 Å². The van der Waals surface area contributed by atoms with Gasteiger partial charge in [0.1, 0.15) is 24.7 Å². The highest BCUT2D eigenvalue weighted by Gasteiger charge is 2.28. The summed E-state index contributed by atoms with van der Waals surface area (Å²) < 4.78 is 14.7. The van der Waals surface area contributed by atoms with Crippen LogP contribution in [0.5, 0.6) is 11.5 Å². The zero-order chi connectivity index (χ0) is 18.2. The predicted octanol–water partition coefficient (Wildman–Crippen LogP) is 4.37. The lowest BCUT2D eigenvalue weighted by Gasteiger charge is -2.27. The summed E-state index contributed by atoms with van der Waals surface area (Å²) in [5, 5.41) is 5.48. The van der Waals surface area contributed by atoms with Crippen molar-refractivity contribution in [3.8, 4) is 11.5 Å². The third kappa shape index (κ3) is 2.56. The van der Waals surface area contributed by atoms with Gasteiger partial charge in [0.05, 0.1) is 17.1 Å². The molecule has 0 radical (unpaired) electrons. The van der Waals surface area contributed by atoms with E-state index in [1.165, 1.54) is 16.5 Å². The summed E-state index contributed by atoms with van der Waals surface area (Å²) in [4.78, 5) is 0. The van der Waals surface area contributed by atoms with Crippen LogP contribution < -0.4 is 14.8 Å². The van der Waals surface area contributed by atoms with E-state index in [1.54, 1.807) is 0 Å². The molecule has 1 aliphatic heterocycles. The molecule has 27 heavy (non-hydrogen) atoms. The average Bonchev–Trinajstić information content (AvgIpc) is 3.07. The van der Waals surface area contributed by atoms with Gasteiger partial charge in [-0.3, -0.25) is 0 Å². The quantitative estimate of drug-likeness (QED) is 0.538. The van der Waals surface area contributed by atoms with Crippen LogP contribution in [0, 0.1) is 0 Å². The van der Waals surface area contributed by atoms with Gasteiger partial charge in [0, 0.05) is 17.3 Å². The van der Waals surface area contributed by atoms with Crippen molar-refractivity contribution in [2.75, 3.05) is 26.8 Å². The Hall–Kier alpha value is -2.98. The number of aromatic nitrogens is 1. The van der Waals surface area contributed by atoms with Crippen LogP contribution in [0.15, 0.2) is 66.7 Å². The molecule has 0 aliphatic carbocycles. The topological polar surface area (TPSA) is 35.4 Å². The van der Waals surface area contributed by atoms with Crippen molar-refractivity contribution < 1.29 is 9.47 Å². The number of rotatable bonds is 5. The first-order chi connectivity index (χ1) is 13.4. The second-order valence-electron chi connectivity index (χ2n) is 6.86. The van der Waals surface area contributed by atoms with Crippen molar-refractivity contribution in [1.29, 1.82) is 0 Å². The smallest absolute Gasteiger partial charge is 0.143 e. The van der Waals surface area contributed by atoms with Crippen molar-refractivity contribution in [1.82, 2.24) is 9.88 Å². The zero-order valence-electron chi connectivity index (χ0n) is 15.3. The van der Waals surface area contributed by atoms with E-state index in [0.717, 1.165) is 28.9 Å². The van der Waals surface area contributed by atoms with Gasteiger partial charge in [0.2, 0.25) is 0 Å². The number of benzene rings is 3. The first-order valence-electron chi connectivity index (χ1n) is 9.39. The Morgan fingerprint density at radius 2 is 1.89 bits per heavy atom. The molecule has 4 nitrogen and oxygen atoms in total. The van der Waals surface area contributed by atoms with E-state index < -0.39 is 0 Å². The van der Waals surface area contributed by atoms with E-state index in [0.29, 0.717) is 13.2 Å². The van der Waals surface area contributed by atoms with Crippen molar-refractivity contribution >= 4 is 21.8 Å². The SMILES string of the molecule is CNCCOc1cccc2c1c1cccc3c1n2[C@H](c1ccccc1)CO3. The van der Waals surface area contributed by atoms with Gasteiger partial charge in [-0.2, -0.15) is 0 Å². The normalized spacial score (nSPS) is 15.8. The van der Waals surface area contributed by atoms with E-state index >= 15 is 0 Å². The monoisotopic (exact) mass is 358 g/mol. The molecular formula is C23H22N2O2. The number of likely N-dealkylation sites (N-methyl/N-ethyl adjacent to an activating group) is 1. The fourth-order valence-corrected chi connectivity index (χ4v) is 4.07. The van der Waals surface area contributed by atoms with Gasteiger partial charge in [-0.05, 0) is 30.8 Å². The molecular weight excluding hydrogens is 336 g/mol. The largest absolute Gasteiger partial charge is 0.492 e. The highest BCUT2D eigenvalue weighted by molar-refractivity contribution is 6.13. The van der Waals surface area contributed by atoms with Gasteiger partial charge in [0.25, 0.3) is 0 Å². The molecule has 3 aromatic carbocycles. The highest BCUT2D eigenvalue weighted by atomic mass is 16.5. The summed E-state index contributed by atoms with van der Waals surface area (Å²) in [6.45, 7) is 2.08. The third-order valence-electron chi connectivity index (χ3n) is 5.28. The summed E-state index contributed by atoms with van der Waals surface area (Å²) in [6, 6.07) is 23.3. The van der Waals surface area contributed by atoms with Crippen molar-refractivity contribution in [2.45, 2.75) is 6.04 Å². The standard InChI is InChI=1S/C23H22N2O2/c1-24-13-14-26-20-11-6-10-18-22(20)17-9-5-12-21-23(17)25(18)19(15-27-21)16-7-3-2-4-8-16/h2-12,19,24H,13-15H2,1H3/t19-/m0/s1. The lowest BCUT2D eigenvalue weighted by Crippen LogP contribution is -2.22. The molecule has 1 atom stereocenters. The first kappa shape index (κ1) is 16.2. The minimum atomic E-state index is 0.147. The van der Waals surface area contributed by atoms with Crippen LogP contribution >= 0.6 is 0 Å². The van der Waals surface area contributed by atoms with Crippen LogP contribution in [0.25, 0.3) is 21.8 Å². The molecule has 1 N–H and O–H groups in total. The Labute approximate surface area is 158 Å². The third-order valence-corrected chi connectivity index (χ3v) is 5.28. The second-order valence-corrected chi connectivity index (χ2v) is 6.86. The fraction of sp³-hybridized carbons (Fsp3) is 0.217. The summed E-state index contributed by atoms with van der Waals surface area (Å²) >= 11 is 0. The molecule has 0 bridgehead atoms. The van der Waals surface area contributed by atoms with Crippen molar-refractivity contribution in [3.05, 3.63) is 72.3 Å². The van der Waals surface area contributed by atoms with E-state index in [9.17, 15) is 0 Å². The average molecular weight is 358 g/mol. The van der Waals surface area contributed by atoms with Gasteiger partial charge < -0.3 is 19.4 Å². The van der Waals surface area contributed by atoms with Crippen LogP contribution in [0.1, 0.15) is 11.6 Å². The molecule has 0 unspecified atom stereocenters. The second kappa shape index (κ2) is 6.63. The molecule has 5 rings (SSSR count). The minimum Gasteiger partial charge on any atom is -0.492 e. The molecule has 4 aromatic rings. The van der Waals surface area contributed by atoms with Crippen LogP contribution in [0.3, 0.4) is 0 Å². The maximum Gasteiger partial charge on any atom is 0.143 e. The Morgan fingerprint density at radius 3 is 2.74 bits per heavy atom. The number of ether oxygens (including phenoxy) is 2. The lowest BCUT2D eigenvalue weighted by molar-refractivity contribution is 0.262. The van der Waals surface area contributed by atoms with E-state index in [1.807, 2.05) is 7.05 Å². The Kier molecular flexibility index (Phi) is 3.98. The van der Waals surface area contributed by atoms with Crippen LogP contribution in [0.4, 0.5) is 0 Å². The molecule has 0 spiro atoms. The van der Waals surface area contributed by atoms with Gasteiger partial charge in [-0.25, -0.2) is 0 Å². The summed E-state index contributed by atoms with van der Waals surface area (Å²) in [5.74, 6) is 1.87. The Balaban J connectivity index is 1.77. The maximum absolute atomic E-state index is 6.16. The summed E-state index contributed by atoms with van der Waals surface area (Å²) in [7, 11) is 1.94. The van der Waals surface area contributed by atoms with Crippen LogP contribution in [-0.4, -0.2) is 31.4 Å². The molecule has 2 heterocycles. The number of nitrogens with one attached hydrogen (secondary N) is 1. The molecule has 136 valence electrons. The van der Waals surface area contributed by atoms with Crippen molar-refractivity contribution in [2.24, 2.45) is 0 Å². The molecule has 0 saturated carbocycles. The zero-order valence-corrected chi connectivity index (χ0v) is 15.3. The summed E-state index contributed by atoms with van der Waals surface area (Å²) in [5.41, 5.74) is 3.60. The molecule has 0 saturated heterocycles. The van der Waals surface area contributed by atoms with Crippen LogP contribution in [-0.2, 0) is 0 Å². The molecule has 0 amide bonds. The van der Waals surface area contributed by atoms with E-state index in [4.69, 9.17) is 9.47 Å². The lowest BCUT2D eigenvalue weighted by atomic mass is 10.1. The first-order valence-corrected chi connectivity index (χ1v) is 9.39. The molecule has 1 aliphatic rings. The van der Waals surface area contributed by atoms with E-state index in [-0.39, 0.29) is 6.04 Å². The number of fused-ring (bicyclic) bond motifs is 3. The Bertz CT molecular complexity index is 1100. The number of hydrogen-bond acceptors (Lipinski definition) is 3. The Morgan fingerprint density at radius 1 is 1.04 bits per heavy atom. The highest BCUT2D eigenvalue weighted by Crippen LogP contribution is 2.44. The van der Waals surface area contributed by atoms with Crippen molar-refractivity contribution in [3.63, 3.8) is 0 Å². The number of hydrogen-bond donors (Lipinski definition) is 1. The molecule has 1 aromatic heterocycles. The number of para-hydroxylation sites is 1. The molecule has 0 fully saturated rings. The summed E-state index contributed by atoms with van der Waals surface area (Å²) in [6.07, 6.45) is 0. The van der Waals surface area contributed by atoms with Gasteiger partial charge >= 0.3 is 0 Å². The minimum absolute atomic E-state index is 0.147. The predicted molar refractivity (Wildman–Crippen MR) is 109 cm³/mol. The van der Waals surface area contributed by atoms with Crippen LogP contribution in [0.2, 0.25) is 0 Å². The van der Waals surface area contributed by atoms with Gasteiger partial charge in [-0.15, -0.1) is 0 Å². The fourth-order valence-electron chi connectivity index (χ4n) is 4.07. The molecule has 4 heteroatoms. The van der Waals surface area contributed by atoms with Gasteiger partial charge in [0.15, 0.2) is 0 Å². The van der Waals surface area contributed by atoms with Gasteiger partial charge in [-0.1, -0.05) is 48.5 Å². The number of nitrogens with zero attached hydrogens (tertiary/aromatic N) is 1. The maximum atomic E-state index is 6.16.